The molecule has 0 fully saturated rings. The zero-order valence-electron chi connectivity index (χ0n) is 18.1. The van der Waals surface area contributed by atoms with Crippen molar-refractivity contribution in [2.45, 2.75) is 11.8 Å². The second-order valence-electron chi connectivity index (χ2n) is 7.01. The zero-order valence-corrected chi connectivity index (χ0v) is 18.9. The van der Waals surface area contributed by atoms with Gasteiger partial charge in [0.05, 0.1) is 24.8 Å². The first-order valence-corrected chi connectivity index (χ1v) is 11.2. The topological polar surface area (TPSA) is 84.9 Å². The van der Waals surface area contributed by atoms with Gasteiger partial charge in [-0.25, -0.2) is 17.2 Å². The maximum atomic E-state index is 14.0. The molecule has 0 saturated carbocycles. The lowest BCUT2D eigenvalue weighted by atomic mass is 10.2. The molecule has 0 heterocycles. The van der Waals surface area contributed by atoms with Crippen LogP contribution in [0.5, 0.6) is 11.5 Å². The van der Waals surface area contributed by atoms with Crippen molar-refractivity contribution in [3.63, 3.8) is 0 Å². The summed E-state index contributed by atoms with van der Waals surface area (Å²) in [6.45, 7) is 1.03. The van der Waals surface area contributed by atoms with Crippen molar-refractivity contribution in [1.29, 1.82) is 0 Å². The van der Waals surface area contributed by atoms with Crippen molar-refractivity contribution in [2.75, 3.05) is 30.4 Å². The molecular weight excluding hydrogens is 454 g/mol. The van der Waals surface area contributed by atoms with Crippen molar-refractivity contribution in [3.8, 4) is 11.5 Å². The third kappa shape index (κ3) is 5.23. The largest absolute Gasteiger partial charge is 0.497 e. The molecule has 0 aliphatic rings. The summed E-state index contributed by atoms with van der Waals surface area (Å²) in [7, 11) is -1.49. The molecule has 3 aromatic rings. The Kier molecular flexibility index (Phi) is 7.17. The first-order valence-electron chi connectivity index (χ1n) is 9.72. The van der Waals surface area contributed by atoms with E-state index in [2.05, 4.69) is 5.32 Å². The Hall–Kier alpha value is -3.66. The average molecular weight is 477 g/mol. The molecule has 0 unspecified atom stereocenters. The Bertz CT molecular complexity index is 1240. The Morgan fingerprint density at radius 3 is 2.18 bits per heavy atom. The highest BCUT2D eigenvalue weighted by atomic mass is 32.2. The van der Waals surface area contributed by atoms with Crippen LogP contribution in [0.4, 0.5) is 20.2 Å². The number of halogens is 2. The quantitative estimate of drug-likeness (QED) is 0.529. The van der Waals surface area contributed by atoms with Gasteiger partial charge < -0.3 is 14.8 Å². The van der Waals surface area contributed by atoms with Gasteiger partial charge in [0.2, 0.25) is 5.91 Å². The molecule has 0 aliphatic carbocycles. The molecule has 0 aromatic heterocycles. The van der Waals surface area contributed by atoms with Gasteiger partial charge in [0.15, 0.2) is 0 Å². The number of methoxy groups -OCH3 is 2. The van der Waals surface area contributed by atoms with Gasteiger partial charge in [0.25, 0.3) is 10.0 Å². The molecule has 0 atom stereocenters. The molecule has 3 rings (SSSR count). The predicted octanol–water partition coefficient (Wildman–Crippen LogP) is 4.12. The van der Waals surface area contributed by atoms with E-state index in [4.69, 9.17) is 9.47 Å². The molecule has 10 heteroatoms. The van der Waals surface area contributed by atoms with Crippen molar-refractivity contribution in [2.24, 2.45) is 0 Å². The summed E-state index contributed by atoms with van der Waals surface area (Å²) in [5.74, 6) is -2.40. The molecule has 1 amide bonds. The molecule has 0 spiro atoms. The number of anilines is 2. The van der Waals surface area contributed by atoms with Gasteiger partial charge in [-0.2, -0.15) is 0 Å². The van der Waals surface area contributed by atoms with Crippen LogP contribution in [0.15, 0.2) is 65.6 Å². The van der Waals surface area contributed by atoms with Crippen LogP contribution >= 0.6 is 0 Å². The van der Waals surface area contributed by atoms with Gasteiger partial charge in [-0.15, -0.1) is 0 Å². The van der Waals surface area contributed by atoms with E-state index >= 15 is 0 Å². The molecule has 0 saturated heterocycles. The number of benzene rings is 3. The molecule has 0 bridgehead atoms. The van der Waals surface area contributed by atoms with Gasteiger partial charge in [0, 0.05) is 6.07 Å². The van der Waals surface area contributed by atoms with Crippen LogP contribution < -0.4 is 19.1 Å². The van der Waals surface area contributed by atoms with E-state index in [0.717, 1.165) is 28.1 Å². The molecule has 1 N–H and O–H groups in total. The van der Waals surface area contributed by atoms with Crippen molar-refractivity contribution in [1.82, 2.24) is 0 Å². The number of carbonyl (C=O) groups excluding carboxylic acids is 1. The number of rotatable bonds is 8. The lowest BCUT2D eigenvalue weighted by molar-refractivity contribution is -0.114. The second-order valence-corrected chi connectivity index (χ2v) is 8.87. The summed E-state index contributed by atoms with van der Waals surface area (Å²) in [6.07, 6.45) is 0. The second kappa shape index (κ2) is 9.86. The fraction of sp³-hybridized carbons (Fsp3) is 0.174. The first-order chi connectivity index (χ1) is 15.7. The van der Waals surface area contributed by atoms with E-state index in [0.29, 0.717) is 5.75 Å². The number of para-hydroxylation sites is 1. The third-order valence-electron chi connectivity index (χ3n) is 4.78. The normalized spacial score (nSPS) is 11.1. The van der Waals surface area contributed by atoms with Crippen LogP contribution in [-0.4, -0.2) is 35.1 Å². The Morgan fingerprint density at radius 2 is 1.61 bits per heavy atom. The smallest absolute Gasteiger partial charge is 0.264 e. The number of carbonyl (C=O) groups is 1. The molecule has 174 valence electrons. The third-order valence-corrected chi connectivity index (χ3v) is 6.55. The van der Waals surface area contributed by atoms with E-state index in [1.165, 1.54) is 44.6 Å². The van der Waals surface area contributed by atoms with Crippen molar-refractivity contribution >= 4 is 27.3 Å². The molecule has 0 aliphatic heterocycles. The predicted molar refractivity (Wildman–Crippen MR) is 120 cm³/mol. The lowest BCUT2D eigenvalue weighted by Crippen LogP contribution is -2.38. The average Bonchev–Trinajstić information content (AvgIpc) is 2.80. The number of hydrogen-bond donors (Lipinski definition) is 1. The SMILES string of the molecule is COc1ccc(N(CC(=O)Nc2c(F)cccc2F)S(=O)(=O)c2ccc(C)cc2)c(OC)c1. The maximum absolute atomic E-state index is 14.0. The standard InChI is InChI=1S/C23H22F2N2O5S/c1-15-7-10-17(11-8-15)33(29,30)27(20-12-9-16(31-2)13-21(20)32-3)14-22(28)26-23-18(24)5-4-6-19(23)25/h4-13H,14H2,1-3H3,(H,26,28). The van der Waals surface area contributed by atoms with E-state index < -0.39 is 39.8 Å². The minimum Gasteiger partial charge on any atom is -0.497 e. The van der Waals surface area contributed by atoms with E-state index in [9.17, 15) is 22.0 Å². The van der Waals surface area contributed by atoms with Gasteiger partial charge in [-0.1, -0.05) is 23.8 Å². The summed E-state index contributed by atoms with van der Waals surface area (Å²) in [6, 6.07) is 13.5. The van der Waals surface area contributed by atoms with Gasteiger partial charge in [-0.05, 0) is 43.3 Å². The summed E-state index contributed by atoms with van der Waals surface area (Å²) >= 11 is 0. The number of nitrogens with one attached hydrogen (secondary N) is 1. The Labute approximate surface area is 190 Å². The van der Waals surface area contributed by atoms with Crippen LogP contribution in [0.1, 0.15) is 5.56 Å². The molecule has 3 aromatic carbocycles. The summed E-state index contributed by atoms with van der Waals surface area (Å²) in [5.41, 5.74) is 0.218. The Morgan fingerprint density at radius 1 is 0.970 bits per heavy atom. The summed E-state index contributed by atoms with van der Waals surface area (Å²) < 4.78 is 66.3. The number of nitrogens with zero attached hydrogens (tertiary/aromatic N) is 1. The van der Waals surface area contributed by atoms with E-state index in [-0.39, 0.29) is 16.3 Å². The van der Waals surface area contributed by atoms with Gasteiger partial charge in [0.1, 0.15) is 35.4 Å². The van der Waals surface area contributed by atoms with Gasteiger partial charge >= 0.3 is 0 Å². The van der Waals surface area contributed by atoms with E-state index in [1.54, 1.807) is 19.1 Å². The van der Waals surface area contributed by atoms with Crippen molar-refractivity contribution in [3.05, 3.63) is 77.9 Å². The highest BCUT2D eigenvalue weighted by Gasteiger charge is 2.30. The zero-order chi connectivity index (χ0) is 24.2. The number of sulfonamides is 1. The number of hydrogen-bond acceptors (Lipinski definition) is 5. The highest BCUT2D eigenvalue weighted by molar-refractivity contribution is 7.92. The van der Waals surface area contributed by atoms with Crippen LogP contribution in [0.3, 0.4) is 0 Å². The fourth-order valence-electron chi connectivity index (χ4n) is 3.05. The summed E-state index contributed by atoms with van der Waals surface area (Å²) in [5, 5.41) is 2.11. The minimum absolute atomic E-state index is 0.0445. The van der Waals surface area contributed by atoms with Crippen LogP contribution in [0.2, 0.25) is 0 Å². The Balaban J connectivity index is 2.06. The molecule has 0 radical (unpaired) electrons. The fourth-order valence-corrected chi connectivity index (χ4v) is 4.49. The number of amides is 1. The number of aryl methyl sites for hydroxylation is 1. The maximum Gasteiger partial charge on any atom is 0.264 e. The molecular formula is C23H22F2N2O5S. The monoisotopic (exact) mass is 476 g/mol. The van der Waals surface area contributed by atoms with Crippen LogP contribution in [0, 0.1) is 18.6 Å². The van der Waals surface area contributed by atoms with E-state index in [1.807, 2.05) is 0 Å². The lowest BCUT2D eigenvalue weighted by Gasteiger charge is -2.26. The highest BCUT2D eigenvalue weighted by Crippen LogP contribution is 2.35. The minimum atomic E-state index is -4.27. The van der Waals surface area contributed by atoms with Crippen LogP contribution in [-0.2, 0) is 14.8 Å². The summed E-state index contributed by atoms with van der Waals surface area (Å²) in [4.78, 5) is 12.7. The molecule has 33 heavy (non-hydrogen) atoms. The molecule has 7 nitrogen and oxygen atoms in total. The van der Waals surface area contributed by atoms with Crippen LogP contribution in [0.25, 0.3) is 0 Å². The van der Waals surface area contributed by atoms with Gasteiger partial charge in [-0.3, -0.25) is 9.10 Å². The van der Waals surface area contributed by atoms with Crippen molar-refractivity contribution < 1.29 is 31.5 Å². The number of ether oxygens (including phenoxy) is 2. The first kappa shape index (κ1) is 24.0.